The average Bonchev–Trinajstić information content (AvgIpc) is 2.80. The predicted molar refractivity (Wildman–Crippen MR) is 132 cm³/mol. The van der Waals surface area contributed by atoms with Crippen LogP contribution in [0, 0.1) is 0 Å². The van der Waals surface area contributed by atoms with Gasteiger partial charge in [-0.1, -0.05) is 39.8 Å². The van der Waals surface area contributed by atoms with Gasteiger partial charge in [0.1, 0.15) is 0 Å². The summed E-state index contributed by atoms with van der Waals surface area (Å²) in [6.45, 7) is 12.7. The fourth-order valence-corrected chi connectivity index (χ4v) is 5.24. The standard InChI is InChI=1S/C27H40N4O/c1-26(2)12-13-27(3,4)23-19-20(7-8-22(23)26)24-9-15-29-25(30-24)31-16-10-21(11-17-31)28-14-5-6-18-32/h7-9,15,19,21,28,32H,5-6,10-14,16-18H2,1-4H3. The van der Waals surface area contributed by atoms with Crippen molar-refractivity contribution in [2.75, 3.05) is 31.1 Å². The van der Waals surface area contributed by atoms with E-state index in [0.29, 0.717) is 6.04 Å². The molecule has 4 rings (SSSR count). The number of benzene rings is 1. The van der Waals surface area contributed by atoms with Crippen molar-refractivity contribution in [1.82, 2.24) is 15.3 Å². The molecule has 1 aromatic carbocycles. The summed E-state index contributed by atoms with van der Waals surface area (Å²) in [5.74, 6) is 0.846. The van der Waals surface area contributed by atoms with Crippen molar-refractivity contribution in [3.63, 3.8) is 0 Å². The van der Waals surface area contributed by atoms with E-state index in [9.17, 15) is 0 Å². The van der Waals surface area contributed by atoms with E-state index in [0.717, 1.165) is 57.0 Å². The average molecular weight is 437 g/mol. The van der Waals surface area contributed by atoms with Crippen molar-refractivity contribution in [1.29, 1.82) is 0 Å². The number of nitrogens with one attached hydrogen (secondary N) is 1. The molecule has 2 heterocycles. The molecule has 0 radical (unpaired) electrons. The number of hydrogen-bond donors (Lipinski definition) is 2. The van der Waals surface area contributed by atoms with Gasteiger partial charge < -0.3 is 15.3 Å². The van der Waals surface area contributed by atoms with Gasteiger partial charge in [0, 0.05) is 37.5 Å². The first-order valence-corrected chi connectivity index (χ1v) is 12.4. The molecule has 5 nitrogen and oxygen atoms in total. The Morgan fingerprint density at radius 1 is 1.00 bits per heavy atom. The highest BCUT2D eigenvalue weighted by molar-refractivity contribution is 5.64. The number of unbranched alkanes of at least 4 members (excludes halogenated alkanes) is 1. The summed E-state index contributed by atoms with van der Waals surface area (Å²) < 4.78 is 0. The molecule has 1 saturated heterocycles. The number of anilines is 1. The van der Waals surface area contributed by atoms with Crippen LogP contribution in [0.1, 0.15) is 77.3 Å². The SMILES string of the molecule is CC1(C)CCC(C)(C)c2cc(-c3ccnc(N4CCC(NCCCCO)CC4)n3)ccc21. The number of piperidine rings is 1. The zero-order valence-corrected chi connectivity index (χ0v) is 20.3. The van der Waals surface area contributed by atoms with E-state index < -0.39 is 0 Å². The van der Waals surface area contributed by atoms with Gasteiger partial charge in [-0.25, -0.2) is 9.97 Å². The van der Waals surface area contributed by atoms with E-state index >= 15 is 0 Å². The number of rotatable bonds is 7. The lowest BCUT2D eigenvalue weighted by Gasteiger charge is -2.42. The van der Waals surface area contributed by atoms with Gasteiger partial charge in [-0.2, -0.15) is 0 Å². The minimum Gasteiger partial charge on any atom is -0.396 e. The normalized spacial score (nSPS) is 20.2. The van der Waals surface area contributed by atoms with E-state index in [-0.39, 0.29) is 17.4 Å². The molecule has 32 heavy (non-hydrogen) atoms. The van der Waals surface area contributed by atoms with Crippen molar-refractivity contribution in [2.24, 2.45) is 0 Å². The van der Waals surface area contributed by atoms with Crippen LogP contribution >= 0.6 is 0 Å². The molecule has 2 aliphatic rings. The van der Waals surface area contributed by atoms with Gasteiger partial charge in [0.2, 0.25) is 5.95 Å². The Labute approximate surface area is 193 Å². The summed E-state index contributed by atoms with van der Waals surface area (Å²) in [6.07, 6.45) is 8.49. The zero-order valence-electron chi connectivity index (χ0n) is 20.3. The van der Waals surface area contributed by atoms with Gasteiger partial charge in [-0.15, -0.1) is 0 Å². The molecule has 2 aromatic rings. The Bertz CT molecular complexity index is 916. The first-order valence-electron chi connectivity index (χ1n) is 12.4. The first kappa shape index (κ1) is 23.2. The Balaban J connectivity index is 1.47. The maximum Gasteiger partial charge on any atom is 0.225 e. The number of hydrogen-bond acceptors (Lipinski definition) is 5. The second-order valence-electron chi connectivity index (χ2n) is 10.9. The van der Waals surface area contributed by atoms with Gasteiger partial charge >= 0.3 is 0 Å². The lowest BCUT2D eigenvalue weighted by Crippen LogP contribution is -2.43. The van der Waals surface area contributed by atoms with Gasteiger partial charge in [0.25, 0.3) is 0 Å². The molecule has 1 fully saturated rings. The highest BCUT2D eigenvalue weighted by atomic mass is 16.2. The third kappa shape index (κ3) is 4.99. The third-order valence-corrected chi connectivity index (χ3v) is 7.59. The number of nitrogens with zero attached hydrogens (tertiary/aromatic N) is 3. The maximum absolute atomic E-state index is 8.93. The Hall–Kier alpha value is -1.98. The second-order valence-corrected chi connectivity index (χ2v) is 10.9. The highest BCUT2D eigenvalue weighted by Gasteiger charge is 2.37. The molecule has 1 aromatic heterocycles. The maximum atomic E-state index is 8.93. The van der Waals surface area contributed by atoms with Crippen molar-refractivity contribution in [3.8, 4) is 11.3 Å². The molecule has 0 spiro atoms. The van der Waals surface area contributed by atoms with Crippen LogP contribution in [0.2, 0.25) is 0 Å². The zero-order chi connectivity index (χ0) is 22.8. The van der Waals surface area contributed by atoms with E-state index in [4.69, 9.17) is 10.1 Å². The van der Waals surface area contributed by atoms with Crippen LogP contribution in [0.3, 0.4) is 0 Å². The summed E-state index contributed by atoms with van der Waals surface area (Å²) >= 11 is 0. The second kappa shape index (κ2) is 9.48. The predicted octanol–water partition coefficient (Wildman–Crippen LogP) is 4.82. The van der Waals surface area contributed by atoms with E-state index in [2.05, 4.69) is 61.1 Å². The monoisotopic (exact) mass is 436 g/mol. The minimum atomic E-state index is 0.197. The Morgan fingerprint density at radius 2 is 1.72 bits per heavy atom. The molecular formula is C27H40N4O. The van der Waals surface area contributed by atoms with Gasteiger partial charge in [0.05, 0.1) is 5.69 Å². The van der Waals surface area contributed by atoms with Crippen molar-refractivity contribution in [3.05, 3.63) is 41.6 Å². The molecule has 174 valence electrons. The quantitative estimate of drug-likeness (QED) is 0.609. The van der Waals surface area contributed by atoms with Crippen LogP contribution in [0.25, 0.3) is 11.3 Å². The van der Waals surface area contributed by atoms with Crippen LogP contribution in [0.5, 0.6) is 0 Å². The fraction of sp³-hybridized carbons (Fsp3) is 0.630. The van der Waals surface area contributed by atoms with Crippen LogP contribution in [0.4, 0.5) is 5.95 Å². The van der Waals surface area contributed by atoms with Gasteiger partial charge in [0.15, 0.2) is 0 Å². The van der Waals surface area contributed by atoms with Gasteiger partial charge in [-0.05, 0) is 79.2 Å². The van der Waals surface area contributed by atoms with Crippen molar-refractivity contribution < 1.29 is 5.11 Å². The number of aliphatic hydroxyl groups excluding tert-OH is 1. The number of aliphatic hydroxyl groups is 1. The van der Waals surface area contributed by atoms with Crippen molar-refractivity contribution in [2.45, 2.75) is 83.1 Å². The smallest absolute Gasteiger partial charge is 0.225 e. The molecule has 0 atom stereocenters. The van der Waals surface area contributed by atoms with E-state index in [1.165, 1.54) is 29.5 Å². The summed E-state index contributed by atoms with van der Waals surface area (Å²) in [5.41, 5.74) is 5.60. The molecule has 0 unspecified atom stereocenters. The number of fused-ring (bicyclic) bond motifs is 1. The molecule has 0 bridgehead atoms. The summed E-state index contributed by atoms with van der Waals surface area (Å²) in [7, 11) is 0. The molecule has 0 amide bonds. The fourth-order valence-electron chi connectivity index (χ4n) is 5.24. The van der Waals surface area contributed by atoms with Crippen molar-refractivity contribution >= 4 is 5.95 Å². The topological polar surface area (TPSA) is 61.3 Å². The van der Waals surface area contributed by atoms with Gasteiger partial charge in [-0.3, -0.25) is 0 Å². The molecule has 0 saturated carbocycles. The summed E-state index contributed by atoms with van der Waals surface area (Å²) in [6, 6.07) is 9.56. The highest BCUT2D eigenvalue weighted by Crippen LogP contribution is 2.46. The first-order chi connectivity index (χ1) is 15.3. The molecule has 5 heteroatoms. The lowest BCUT2D eigenvalue weighted by molar-refractivity contribution is 0.281. The van der Waals surface area contributed by atoms with Crippen LogP contribution < -0.4 is 10.2 Å². The summed E-state index contributed by atoms with van der Waals surface area (Å²) in [4.78, 5) is 11.9. The number of aromatic nitrogens is 2. The van der Waals surface area contributed by atoms with Crippen LogP contribution in [-0.2, 0) is 10.8 Å². The largest absolute Gasteiger partial charge is 0.396 e. The minimum absolute atomic E-state index is 0.197. The Kier molecular flexibility index (Phi) is 6.87. The lowest BCUT2D eigenvalue weighted by atomic mass is 9.63. The molecule has 1 aliphatic heterocycles. The van der Waals surface area contributed by atoms with E-state index in [1.807, 2.05) is 12.3 Å². The molecule has 2 N–H and O–H groups in total. The van der Waals surface area contributed by atoms with Crippen LogP contribution in [0.15, 0.2) is 30.5 Å². The van der Waals surface area contributed by atoms with E-state index in [1.54, 1.807) is 0 Å². The summed E-state index contributed by atoms with van der Waals surface area (Å²) in [5, 5.41) is 12.6. The molecule has 1 aliphatic carbocycles. The third-order valence-electron chi connectivity index (χ3n) is 7.59. The Morgan fingerprint density at radius 3 is 2.44 bits per heavy atom. The molecular weight excluding hydrogens is 396 g/mol. The van der Waals surface area contributed by atoms with Crippen LogP contribution in [-0.4, -0.2) is 47.4 Å².